The minimum Gasteiger partial charge on any atom is -0.444 e. The average Bonchev–Trinajstić information content (AvgIpc) is 2.28. The van der Waals surface area contributed by atoms with Crippen LogP contribution in [-0.2, 0) is 11.3 Å². The fourth-order valence-electron chi connectivity index (χ4n) is 1.17. The summed E-state index contributed by atoms with van der Waals surface area (Å²) in [6, 6.07) is 1.16. The third-order valence-electron chi connectivity index (χ3n) is 1.81. The number of hydrogen-bond donors (Lipinski definition) is 2. The molecule has 20 heavy (non-hydrogen) atoms. The van der Waals surface area contributed by atoms with Crippen LogP contribution in [0.1, 0.15) is 26.5 Å². The lowest BCUT2D eigenvalue weighted by Crippen LogP contribution is -2.27. The van der Waals surface area contributed by atoms with Gasteiger partial charge in [0, 0.05) is 0 Å². The van der Waals surface area contributed by atoms with E-state index in [2.05, 4.69) is 20.3 Å². The van der Waals surface area contributed by atoms with Gasteiger partial charge in [-0.2, -0.15) is 8.78 Å². The molecule has 0 fully saturated rings. The number of aliphatic hydroxyl groups excluding tert-OH is 1. The molecule has 0 unspecified atom stereocenters. The van der Waals surface area contributed by atoms with Crippen LogP contribution >= 0.6 is 0 Å². The quantitative estimate of drug-likeness (QED) is 0.880. The van der Waals surface area contributed by atoms with Gasteiger partial charge < -0.3 is 14.6 Å². The standard InChI is InChI=1S/C11H15F2N3O4/c1-11(2,3)20-10(18)14-7-4-6(5-17)15-16-8(7)19-9(12)13/h4,9,17H,5H2,1-3H3,(H,14,15,18). The Morgan fingerprint density at radius 2 is 2.10 bits per heavy atom. The molecule has 0 saturated carbocycles. The molecule has 0 saturated heterocycles. The number of amides is 1. The fraction of sp³-hybridized carbons (Fsp3) is 0.545. The van der Waals surface area contributed by atoms with Crippen molar-refractivity contribution in [3.8, 4) is 5.88 Å². The van der Waals surface area contributed by atoms with Crippen molar-refractivity contribution in [2.45, 2.75) is 39.6 Å². The molecule has 0 atom stereocenters. The van der Waals surface area contributed by atoms with Gasteiger partial charge in [0.1, 0.15) is 11.3 Å². The fourth-order valence-corrected chi connectivity index (χ4v) is 1.17. The summed E-state index contributed by atoms with van der Waals surface area (Å²) in [5.74, 6) is -0.567. The SMILES string of the molecule is CC(C)(C)OC(=O)Nc1cc(CO)nnc1OC(F)F. The van der Waals surface area contributed by atoms with E-state index in [9.17, 15) is 13.6 Å². The molecule has 112 valence electrons. The van der Waals surface area contributed by atoms with E-state index in [0.29, 0.717) is 0 Å². The molecular formula is C11H15F2N3O4. The number of rotatable bonds is 4. The number of carbonyl (C=O) groups excluding carboxylic acids is 1. The molecule has 1 amide bonds. The summed E-state index contributed by atoms with van der Waals surface area (Å²) in [7, 11) is 0. The summed E-state index contributed by atoms with van der Waals surface area (Å²) in [5, 5.41) is 17.9. The number of aromatic nitrogens is 2. The van der Waals surface area contributed by atoms with E-state index in [0.717, 1.165) is 6.07 Å². The van der Waals surface area contributed by atoms with Crippen LogP contribution < -0.4 is 10.1 Å². The van der Waals surface area contributed by atoms with E-state index < -0.39 is 30.8 Å². The predicted octanol–water partition coefficient (Wildman–Crippen LogP) is 1.92. The molecule has 0 spiro atoms. The number of carbonyl (C=O) groups is 1. The van der Waals surface area contributed by atoms with Crippen LogP contribution in [0.25, 0.3) is 0 Å². The van der Waals surface area contributed by atoms with Crippen molar-refractivity contribution in [2.24, 2.45) is 0 Å². The van der Waals surface area contributed by atoms with Crippen LogP contribution in [0.3, 0.4) is 0 Å². The third-order valence-corrected chi connectivity index (χ3v) is 1.81. The number of nitrogens with zero attached hydrogens (tertiary/aromatic N) is 2. The Hall–Kier alpha value is -2.03. The monoisotopic (exact) mass is 291 g/mol. The van der Waals surface area contributed by atoms with Gasteiger partial charge in [0.15, 0.2) is 0 Å². The molecule has 1 aromatic rings. The van der Waals surface area contributed by atoms with Crippen molar-refractivity contribution in [3.63, 3.8) is 0 Å². The third kappa shape index (κ3) is 5.31. The topological polar surface area (TPSA) is 93.6 Å². The highest BCUT2D eigenvalue weighted by Gasteiger charge is 2.20. The molecule has 0 aliphatic carbocycles. The first-order chi connectivity index (χ1) is 9.21. The second-order valence-electron chi connectivity index (χ2n) is 4.72. The van der Waals surface area contributed by atoms with E-state index >= 15 is 0 Å². The molecule has 1 aromatic heterocycles. The lowest BCUT2D eigenvalue weighted by atomic mass is 10.2. The zero-order valence-electron chi connectivity index (χ0n) is 11.2. The number of anilines is 1. The van der Waals surface area contributed by atoms with Gasteiger partial charge in [-0.1, -0.05) is 0 Å². The van der Waals surface area contributed by atoms with Crippen molar-refractivity contribution in [2.75, 3.05) is 5.32 Å². The Bertz CT molecular complexity index is 477. The number of alkyl halides is 2. The van der Waals surface area contributed by atoms with Gasteiger partial charge in [0.25, 0.3) is 5.88 Å². The van der Waals surface area contributed by atoms with Crippen LogP contribution in [0.5, 0.6) is 5.88 Å². The van der Waals surface area contributed by atoms with E-state index in [1.54, 1.807) is 20.8 Å². The Labute approximate surface area is 113 Å². The zero-order chi connectivity index (χ0) is 15.3. The predicted molar refractivity (Wildman–Crippen MR) is 64.4 cm³/mol. The maximum atomic E-state index is 12.2. The summed E-state index contributed by atoms with van der Waals surface area (Å²) in [6.45, 7) is 1.35. The molecule has 2 N–H and O–H groups in total. The molecule has 0 bridgehead atoms. The van der Waals surface area contributed by atoms with E-state index in [1.165, 1.54) is 0 Å². The maximum Gasteiger partial charge on any atom is 0.412 e. The van der Waals surface area contributed by atoms with Crippen molar-refractivity contribution in [3.05, 3.63) is 11.8 Å². The van der Waals surface area contributed by atoms with Gasteiger partial charge in [0.05, 0.1) is 12.3 Å². The Morgan fingerprint density at radius 3 is 2.60 bits per heavy atom. The second kappa shape index (κ2) is 6.42. The van der Waals surface area contributed by atoms with Crippen LogP contribution in [0.15, 0.2) is 6.07 Å². The van der Waals surface area contributed by atoms with E-state index in [1.807, 2.05) is 0 Å². The smallest absolute Gasteiger partial charge is 0.412 e. The molecule has 0 aliphatic rings. The molecule has 7 nitrogen and oxygen atoms in total. The van der Waals surface area contributed by atoms with Crippen LogP contribution in [0.2, 0.25) is 0 Å². The highest BCUT2D eigenvalue weighted by Crippen LogP contribution is 2.24. The minimum atomic E-state index is -3.12. The summed E-state index contributed by atoms with van der Waals surface area (Å²) in [4.78, 5) is 11.6. The summed E-state index contributed by atoms with van der Waals surface area (Å²) >= 11 is 0. The van der Waals surface area contributed by atoms with Crippen LogP contribution in [-0.4, -0.2) is 33.6 Å². The van der Waals surface area contributed by atoms with Crippen molar-refractivity contribution in [1.82, 2.24) is 10.2 Å². The summed E-state index contributed by atoms with van der Waals surface area (Å²) in [5.41, 5.74) is -0.843. The van der Waals surface area contributed by atoms with Crippen molar-refractivity contribution < 1.29 is 28.2 Å². The molecule has 1 heterocycles. The normalized spacial score (nSPS) is 11.3. The van der Waals surface area contributed by atoms with Gasteiger partial charge >= 0.3 is 12.7 Å². The van der Waals surface area contributed by atoms with Gasteiger partial charge in [-0.3, -0.25) is 5.32 Å². The zero-order valence-corrected chi connectivity index (χ0v) is 11.2. The minimum absolute atomic E-state index is 0.0812. The number of ether oxygens (including phenoxy) is 2. The molecule has 0 aliphatic heterocycles. The highest BCUT2D eigenvalue weighted by molar-refractivity contribution is 5.86. The number of aliphatic hydroxyl groups is 1. The maximum absolute atomic E-state index is 12.2. The molecule has 0 aromatic carbocycles. The van der Waals surface area contributed by atoms with Crippen molar-refractivity contribution >= 4 is 11.8 Å². The lowest BCUT2D eigenvalue weighted by Gasteiger charge is -2.20. The van der Waals surface area contributed by atoms with Gasteiger partial charge in [-0.05, 0) is 26.8 Å². The van der Waals surface area contributed by atoms with Crippen molar-refractivity contribution in [1.29, 1.82) is 0 Å². The second-order valence-corrected chi connectivity index (χ2v) is 4.72. The highest BCUT2D eigenvalue weighted by atomic mass is 19.3. The van der Waals surface area contributed by atoms with Crippen LogP contribution in [0, 0.1) is 0 Å². The number of nitrogens with one attached hydrogen (secondary N) is 1. The Balaban J connectivity index is 2.92. The first kappa shape index (κ1) is 16.0. The number of hydrogen-bond acceptors (Lipinski definition) is 6. The van der Waals surface area contributed by atoms with Gasteiger partial charge in [-0.25, -0.2) is 4.79 Å². The van der Waals surface area contributed by atoms with E-state index in [4.69, 9.17) is 9.84 Å². The number of halogens is 2. The van der Waals surface area contributed by atoms with Gasteiger partial charge in [0.2, 0.25) is 0 Å². The van der Waals surface area contributed by atoms with Gasteiger partial charge in [-0.15, -0.1) is 10.2 Å². The molecular weight excluding hydrogens is 276 g/mol. The van der Waals surface area contributed by atoms with Crippen LogP contribution in [0.4, 0.5) is 19.3 Å². The first-order valence-electron chi connectivity index (χ1n) is 5.63. The lowest BCUT2D eigenvalue weighted by molar-refractivity contribution is -0.0530. The average molecular weight is 291 g/mol. The Morgan fingerprint density at radius 1 is 1.45 bits per heavy atom. The molecule has 1 rings (SSSR count). The largest absolute Gasteiger partial charge is 0.444 e. The first-order valence-corrected chi connectivity index (χ1v) is 5.63. The van der Waals surface area contributed by atoms with E-state index in [-0.39, 0.29) is 11.4 Å². The molecule has 9 heteroatoms. The molecule has 0 radical (unpaired) electrons. The summed E-state index contributed by atoms with van der Waals surface area (Å²) < 4.78 is 33.5. The Kier molecular flexibility index (Phi) is 5.14. The summed E-state index contributed by atoms with van der Waals surface area (Å²) in [6.07, 6.45) is -0.867.